The van der Waals surface area contributed by atoms with Crippen LogP contribution < -0.4 is 16.0 Å². The molecule has 0 spiro atoms. The number of carbonyl (C=O) groups is 2. The van der Waals surface area contributed by atoms with Crippen molar-refractivity contribution >= 4 is 17.8 Å². The molecule has 0 radical (unpaired) electrons. The summed E-state index contributed by atoms with van der Waals surface area (Å²) in [5.74, 6) is 0.449. The highest BCUT2D eigenvalue weighted by atomic mass is 16.2. The van der Waals surface area contributed by atoms with E-state index in [1.54, 1.807) is 6.20 Å². The molecule has 7 heteroatoms. The monoisotopic (exact) mass is 345 g/mol. The predicted octanol–water partition coefficient (Wildman–Crippen LogP) is 1.48. The molecular weight excluding hydrogens is 318 g/mol. The van der Waals surface area contributed by atoms with Crippen molar-refractivity contribution < 1.29 is 9.59 Å². The molecule has 0 aromatic carbocycles. The second-order valence-corrected chi connectivity index (χ2v) is 7.02. The number of aromatic nitrogens is 1. The summed E-state index contributed by atoms with van der Waals surface area (Å²) in [6.45, 7) is 4.78. The van der Waals surface area contributed by atoms with Gasteiger partial charge < -0.3 is 20.9 Å². The van der Waals surface area contributed by atoms with E-state index in [9.17, 15) is 9.59 Å². The van der Waals surface area contributed by atoms with Gasteiger partial charge in [-0.05, 0) is 38.7 Å². The maximum atomic E-state index is 12.4. The summed E-state index contributed by atoms with van der Waals surface area (Å²) >= 11 is 0. The van der Waals surface area contributed by atoms with Crippen LogP contribution in [-0.2, 0) is 11.3 Å². The topological polar surface area (TPSA) is 91.6 Å². The minimum Gasteiger partial charge on any atom is -0.369 e. The maximum Gasteiger partial charge on any atom is 0.317 e. The third-order valence-corrected chi connectivity index (χ3v) is 5.23. The van der Waals surface area contributed by atoms with Crippen LogP contribution in [0.4, 0.5) is 10.6 Å². The molecule has 2 aliphatic heterocycles. The van der Waals surface area contributed by atoms with Crippen LogP contribution in [0, 0.1) is 5.92 Å². The number of hydrogen-bond acceptors (Lipinski definition) is 4. The van der Waals surface area contributed by atoms with Crippen molar-refractivity contribution in [3.05, 3.63) is 23.9 Å². The Hall–Kier alpha value is -2.31. The third kappa shape index (κ3) is 4.03. The van der Waals surface area contributed by atoms with Gasteiger partial charge in [0.15, 0.2) is 0 Å². The van der Waals surface area contributed by atoms with Crippen LogP contribution in [-0.4, -0.2) is 47.5 Å². The highest BCUT2D eigenvalue weighted by molar-refractivity contribution is 5.77. The van der Waals surface area contributed by atoms with Crippen LogP contribution in [0.15, 0.2) is 18.3 Å². The Labute approximate surface area is 148 Å². The summed E-state index contributed by atoms with van der Waals surface area (Å²) in [7, 11) is 0. The maximum absolute atomic E-state index is 12.4. The number of urea groups is 1. The van der Waals surface area contributed by atoms with Crippen molar-refractivity contribution in [2.24, 2.45) is 11.7 Å². The fraction of sp³-hybridized carbons (Fsp3) is 0.611. The van der Waals surface area contributed by atoms with Gasteiger partial charge in [-0.2, -0.15) is 0 Å². The van der Waals surface area contributed by atoms with E-state index in [4.69, 9.17) is 5.73 Å². The molecule has 25 heavy (non-hydrogen) atoms. The largest absolute Gasteiger partial charge is 0.369 e. The lowest BCUT2D eigenvalue weighted by Crippen LogP contribution is -2.43. The van der Waals surface area contributed by atoms with Gasteiger partial charge in [0.05, 0.1) is 5.92 Å². The molecule has 3 amide bonds. The number of piperidine rings is 1. The molecule has 0 saturated carbocycles. The minimum atomic E-state index is -0.251. The number of carbonyl (C=O) groups excluding carboxylic acids is 2. The number of rotatable bonds is 4. The first-order valence-corrected chi connectivity index (χ1v) is 9.09. The van der Waals surface area contributed by atoms with E-state index < -0.39 is 0 Å². The molecule has 3 N–H and O–H groups in total. The average Bonchev–Trinajstić information content (AvgIpc) is 3.06. The van der Waals surface area contributed by atoms with Crippen molar-refractivity contribution in [1.82, 2.24) is 15.2 Å². The van der Waals surface area contributed by atoms with Crippen LogP contribution in [0.2, 0.25) is 0 Å². The first-order chi connectivity index (χ1) is 12.1. The molecule has 7 nitrogen and oxygen atoms in total. The Morgan fingerprint density at radius 3 is 2.84 bits per heavy atom. The lowest BCUT2D eigenvalue weighted by atomic mass is 9.97. The van der Waals surface area contributed by atoms with Crippen molar-refractivity contribution in [3.63, 3.8) is 0 Å². The fourth-order valence-corrected chi connectivity index (χ4v) is 3.76. The summed E-state index contributed by atoms with van der Waals surface area (Å²) in [5, 5.41) is 3.01. The SMILES string of the molecule is CC1CCCN1C(=O)NCc1cccnc1N1CCCC(C(N)=O)C1. The smallest absolute Gasteiger partial charge is 0.317 e. The van der Waals surface area contributed by atoms with Crippen LogP contribution in [0.25, 0.3) is 0 Å². The predicted molar refractivity (Wildman–Crippen MR) is 96.0 cm³/mol. The number of likely N-dealkylation sites (tertiary alicyclic amines) is 1. The highest BCUT2D eigenvalue weighted by Crippen LogP contribution is 2.24. The van der Waals surface area contributed by atoms with Gasteiger partial charge in [-0.15, -0.1) is 0 Å². The Balaban J connectivity index is 1.66. The van der Waals surface area contributed by atoms with Gasteiger partial charge in [0, 0.05) is 44.0 Å². The summed E-state index contributed by atoms with van der Waals surface area (Å²) in [5.41, 5.74) is 6.44. The van der Waals surface area contributed by atoms with Gasteiger partial charge in [0.2, 0.25) is 5.91 Å². The van der Waals surface area contributed by atoms with Gasteiger partial charge in [-0.3, -0.25) is 4.79 Å². The molecule has 3 rings (SSSR count). The minimum absolute atomic E-state index is 0.0199. The number of pyridine rings is 1. The number of nitrogens with two attached hydrogens (primary N) is 1. The summed E-state index contributed by atoms with van der Waals surface area (Å²) < 4.78 is 0. The molecule has 2 fully saturated rings. The van der Waals surface area contributed by atoms with E-state index in [-0.39, 0.29) is 17.9 Å². The van der Waals surface area contributed by atoms with Gasteiger partial charge in [0.25, 0.3) is 0 Å². The van der Waals surface area contributed by atoms with Crippen LogP contribution in [0.3, 0.4) is 0 Å². The summed E-state index contributed by atoms with van der Waals surface area (Å²) in [6, 6.07) is 4.13. The number of primary amides is 1. The fourth-order valence-electron chi connectivity index (χ4n) is 3.76. The van der Waals surface area contributed by atoms with Crippen molar-refractivity contribution in [1.29, 1.82) is 0 Å². The van der Waals surface area contributed by atoms with E-state index in [1.165, 1.54) is 0 Å². The normalized spacial score (nSPS) is 23.6. The van der Waals surface area contributed by atoms with Crippen LogP contribution in [0.5, 0.6) is 0 Å². The Kier molecular flexibility index (Phi) is 5.40. The second kappa shape index (κ2) is 7.72. The van der Waals surface area contributed by atoms with E-state index in [1.807, 2.05) is 17.0 Å². The van der Waals surface area contributed by atoms with E-state index in [2.05, 4.69) is 22.1 Å². The van der Waals surface area contributed by atoms with E-state index in [0.29, 0.717) is 19.1 Å². The number of hydrogen-bond donors (Lipinski definition) is 2. The molecule has 2 aliphatic rings. The standard InChI is InChI=1S/C18H27N5O2/c1-13-5-3-10-23(13)18(25)21-11-14-6-2-8-20-17(14)22-9-4-7-15(12-22)16(19)24/h2,6,8,13,15H,3-5,7,9-12H2,1H3,(H2,19,24)(H,21,25). The van der Waals surface area contributed by atoms with E-state index in [0.717, 1.165) is 50.2 Å². The molecule has 136 valence electrons. The summed E-state index contributed by atoms with van der Waals surface area (Å²) in [4.78, 5) is 32.4. The molecule has 1 aromatic heterocycles. The van der Waals surface area contributed by atoms with Gasteiger partial charge in [-0.1, -0.05) is 6.07 Å². The zero-order chi connectivity index (χ0) is 17.8. The number of anilines is 1. The Morgan fingerprint density at radius 1 is 1.32 bits per heavy atom. The lowest BCUT2D eigenvalue weighted by molar-refractivity contribution is -0.122. The molecular formula is C18H27N5O2. The molecule has 2 saturated heterocycles. The van der Waals surface area contributed by atoms with Crippen molar-refractivity contribution in [2.45, 2.75) is 45.2 Å². The third-order valence-electron chi connectivity index (χ3n) is 5.23. The number of amides is 3. The molecule has 3 heterocycles. The molecule has 1 aromatic rings. The second-order valence-electron chi connectivity index (χ2n) is 7.02. The van der Waals surface area contributed by atoms with Crippen molar-refractivity contribution in [2.75, 3.05) is 24.5 Å². The van der Waals surface area contributed by atoms with Crippen LogP contribution in [0.1, 0.15) is 38.2 Å². The van der Waals surface area contributed by atoms with Gasteiger partial charge in [-0.25, -0.2) is 9.78 Å². The molecule has 0 bridgehead atoms. The lowest BCUT2D eigenvalue weighted by Gasteiger charge is -2.33. The first kappa shape index (κ1) is 17.5. The molecule has 0 aliphatic carbocycles. The van der Waals surface area contributed by atoms with Crippen LogP contribution >= 0.6 is 0 Å². The number of nitrogens with zero attached hydrogens (tertiary/aromatic N) is 3. The number of nitrogens with one attached hydrogen (secondary N) is 1. The zero-order valence-electron chi connectivity index (χ0n) is 14.8. The first-order valence-electron chi connectivity index (χ1n) is 9.09. The quantitative estimate of drug-likeness (QED) is 0.864. The van der Waals surface area contributed by atoms with Gasteiger partial charge >= 0.3 is 6.03 Å². The highest BCUT2D eigenvalue weighted by Gasteiger charge is 2.27. The molecule has 2 unspecified atom stereocenters. The van der Waals surface area contributed by atoms with E-state index >= 15 is 0 Å². The summed E-state index contributed by atoms with van der Waals surface area (Å²) in [6.07, 6.45) is 5.62. The average molecular weight is 345 g/mol. The Bertz CT molecular complexity index is 636. The van der Waals surface area contributed by atoms with Gasteiger partial charge in [0.1, 0.15) is 5.82 Å². The Morgan fingerprint density at radius 2 is 2.12 bits per heavy atom. The zero-order valence-corrected chi connectivity index (χ0v) is 14.8. The molecule has 2 atom stereocenters. The van der Waals surface area contributed by atoms with Crippen molar-refractivity contribution in [3.8, 4) is 0 Å².